The summed E-state index contributed by atoms with van der Waals surface area (Å²) in [6, 6.07) is 0. The molecule has 0 aliphatic carbocycles. The zero-order chi connectivity index (χ0) is 13.8. The Balaban J connectivity index is 2.55. The number of aliphatic hydroxyl groups is 1. The van der Waals surface area contributed by atoms with E-state index in [0.29, 0.717) is 12.5 Å². The van der Waals surface area contributed by atoms with Crippen LogP contribution in [0.1, 0.15) is 20.3 Å². The molecule has 0 aromatic carbocycles. The van der Waals surface area contributed by atoms with Crippen LogP contribution in [0.3, 0.4) is 0 Å². The molecule has 0 aromatic heterocycles. The molecule has 1 aliphatic heterocycles. The van der Waals surface area contributed by atoms with Gasteiger partial charge in [0.25, 0.3) is 0 Å². The second-order valence-electron chi connectivity index (χ2n) is 5.85. The fourth-order valence-corrected chi connectivity index (χ4v) is 2.34. The number of nitrogens with zero attached hydrogens (tertiary/aromatic N) is 2. The minimum absolute atomic E-state index is 0.0628. The summed E-state index contributed by atoms with van der Waals surface area (Å²) in [5.41, 5.74) is -0.106. The van der Waals surface area contributed by atoms with Crippen LogP contribution in [-0.4, -0.2) is 61.2 Å². The molecular weight excluding hydrogens is 228 g/mol. The standard InChI is InChI=1S/C14H26N2O2/c1-12(2)14(11-17)7-9-16(10-14)13(18)6-5-8-15(3)4/h5-6,12,17H,7-11H2,1-4H3/b6-5+. The van der Waals surface area contributed by atoms with E-state index in [1.807, 2.05) is 30.0 Å². The first-order valence-corrected chi connectivity index (χ1v) is 6.62. The lowest BCUT2D eigenvalue weighted by Gasteiger charge is -2.31. The summed E-state index contributed by atoms with van der Waals surface area (Å²) in [5.74, 6) is 0.457. The summed E-state index contributed by atoms with van der Waals surface area (Å²) < 4.78 is 0. The number of amides is 1. The Bertz CT molecular complexity index is 313. The molecular formula is C14H26N2O2. The van der Waals surface area contributed by atoms with Crippen LogP contribution in [0.4, 0.5) is 0 Å². The van der Waals surface area contributed by atoms with Gasteiger partial charge in [-0.1, -0.05) is 19.9 Å². The van der Waals surface area contributed by atoms with Crippen LogP contribution in [-0.2, 0) is 4.79 Å². The highest BCUT2D eigenvalue weighted by Crippen LogP contribution is 2.37. The Kier molecular flexibility index (Phi) is 5.35. The zero-order valence-electron chi connectivity index (χ0n) is 12.0. The highest BCUT2D eigenvalue weighted by molar-refractivity contribution is 5.87. The molecule has 0 radical (unpaired) electrons. The molecule has 0 aromatic rings. The van der Waals surface area contributed by atoms with Crippen LogP contribution in [0.5, 0.6) is 0 Å². The number of rotatable bonds is 5. The fourth-order valence-electron chi connectivity index (χ4n) is 2.34. The first kappa shape index (κ1) is 15.2. The highest BCUT2D eigenvalue weighted by Gasteiger charge is 2.41. The quantitative estimate of drug-likeness (QED) is 0.744. The lowest BCUT2D eigenvalue weighted by Crippen LogP contribution is -2.36. The summed E-state index contributed by atoms with van der Waals surface area (Å²) in [4.78, 5) is 15.9. The van der Waals surface area contributed by atoms with Crippen molar-refractivity contribution in [3.05, 3.63) is 12.2 Å². The molecule has 0 spiro atoms. The SMILES string of the molecule is CC(C)C1(CO)CCN(C(=O)/C=C/CN(C)C)C1. The maximum absolute atomic E-state index is 12.0. The Labute approximate surface area is 110 Å². The van der Waals surface area contributed by atoms with Crippen molar-refractivity contribution in [3.63, 3.8) is 0 Å². The van der Waals surface area contributed by atoms with Gasteiger partial charge in [-0.25, -0.2) is 0 Å². The molecule has 0 bridgehead atoms. The molecule has 1 unspecified atom stereocenters. The van der Waals surface area contributed by atoms with Crippen molar-refractivity contribution >= 4 is 5.91 Å². The second kappa shape index (κ2) is 6.34. The predicted molar refractivity (Wildman–Crippen MR) is 73.2 cm³/mol. The van der Waals surface area contributed by atoms with Gasteiger partial charge in [0.1, 0.15) is 0 Å². The van der Waals surface area contributed by atoms with Crippen molar-refractivity contribution in [2.45, 2.75) is 20.3 Å². The van der Waals surface area contributed by atoms with Crippen molar-refractivity contribution in [2.24, 2.45) is 11.3 Å². The number of hydrogen-bond acceptors (Lipinski definition) is 3. The first-order valence-electron chi connectivity index (χ1n) is 6.62. The normalized spacial score (nSPS) is 24.7. The van der Waals surface area contributed by atoms with Crippen LogP contribution < -0.4 is 0 Å². The maximum Gasteiger partial charge on any atom is 0.246 e. The molecule has 18 heavy (non-hydrogen) atoms. The largest absolute Gasteiger partial charge is 0.396 e. The summed E-state index contributed by atoms with van der Waals surface area (Å²) in [6.45, 7) is 6.60. The number of carbonyl (C=O) groups is 1. The average molecular weight is 254 g/mol. The van der Waals surface area contributed by atoms with E-state index in [0.717, 1.165) is 19.5 Å². The van der Waals surface area contributed by atoms with E-state index in [1.165, 1.54) is 0 Å². The minimum atomic E-state index is -0.106. The van der Waals surface area contributed by atoms with E-state index < -0.39 is 0 Å². The molecule has 1 aliphatic rings. The third-order valence-electron chi connectivity index (χ3n) is 3.97. The van der Waals surface area contributed by atoms with Gasteiger partial charge in [-0.2, -0.15) is 0 Å². The fraction of sp³-hybridized carbons (Fsp3) is 0.786. The Morgan fingerprint density at radius 2 is 2.17 bits per heavy atom. The van der Waals surface area contributed by atoms with E-state index in [2.05, 4.69) is 13.8 Å². The zero-order valence-corrected chi connectivity index (χ0v) is 12.0. The maximum atomic E-state index is 12.0. The highest BCUT2D eigenvalue weighted by atomic mass is 16.3. The van der Waals surface area contributed by atoms with Gasteiger partial charge < -0.3 is 14.9 Å². The van der Waals surface area contributed by atoms with Gasteiger partial charge >= 0.3 is 0 Å². The van der Waals surface area contributed by atoms with E-state index in [1.54, 1.807) is 6.08 Å². The van der Waals surface area contributed by atoms with E-state index in [4.69, 9.17) is 0 Å². The smallest absolute Gasteiger partial charge is 0.246 e. The van der Waals surface area contributed by atoms with Crippen LogP contribution in [0.2, 0.25) is 0 Å². The van der Waals surface area contributed by atoms with Gasteiger partial charge in [0.05, 0.1) is 6.61 Å². The predicted octanol–water partition coefficient (Wildman–Crippen LogP) is 0.971. The number of hydrogen-bond donors (Lipinski definition) is 1. The van der Waals surface area contributed by atoms with Crippen molar-refractivity contribution < 1.29 is 9.90 Å². The Morgan fingerprint density at radius 3 is 2.61 bits per heavy atom. The first-order chi connectivity index (χ1) is 8.41. The van der Waals surface area contributed by atoms with Crippen molar-refractivity contribution in [3.8, 4) is 0 Å². The van der Waals surface area contributed by atoms with Crippen LogP contribution in [0, 0.1) is 11.3 Å². The Hall–Kier alpha value is -0.870. The number of likely N-dealkylation sites (N-methyl/N-ethyl adjacent to an activating group) is 1. The van der Waals surface area contributed by atoms with Gasteiger partial charge in [-0.05, 0) is 26.4 Å². The lowest BCUT2D eigenvalue weighted by molar-refractivity contribution is -0.125. The van der Waals surface area contributed by atoms with Gasteiger partial charge in [0.15, 0.2) is 0 Å². The van der Waals surface area contributed by atoms with Crippen LogP contribution in [0.25, 0.3) is 0 Å². The number of aliphatic hydroxyl groups excluding tert-OH is 1. The van der Waals surface area contributed by atoms with E-state index in [9.17, 15) is 9.90 Å². The molecule has 1 atom stereocenters. The van der Waals surface area contributed by atoms with Crippen molar-refractivity contribution in [1.82, 2.24) is 9.80 Å². The second-order valence-corrected chi connectivity index (χ2v) is 5.85. The average Bonchev–Trinajstić information content (AvgIpc) is 2.74. The monoisotopic (exact) mass is 254 g/mol. The molecule has 0 saturated carbocycles. The van der Waals surface area contributed by atoms with E-state index in [-0.39, 0.29) is 17.9 Å². The molecule has 4 heteroatoms. The van der Waals surface area contributed by atoms with Crippen molar-refractivity contribution in [1.29, 1.82) is 0 Å². The summed E-state index contributed by atoms with van der Waals surface area (Å²) in [6.07, 6.45) is 4.43. The third kappa shape index (κ3) is 3.56. The van der Waals surface area contributed by atoms with Gasteiger partial charge in [-0.15, -0.1) is 0 Å². The summed E-state index contributed by atoms with van der Waals surface area (Å²) in [5, 5.41) is 9.57. The molecule has 4 nitrogen and oxygen atoms in total. The van der Waals surface area contributed by atoms with Gasteiger partial charge in [0.2, 0.25) is 5.91 Å². The molecule has 1 N–H and O–H groups in total. The molecule has 1 fully saturated rings. The number of carbonyl (C=O) groups excluding carboxylic acids is 1. The van der Waals surface area contributed by atoms with Gasteiger partial charge in [0, 0.05) is 31.1 Å². The Morgan fingerprint density at radius 1 is 1.50 bits per heavy atom. The third-order valence-corrected chi connectivity index (χ3v) is 3.97. The lowest BCUT2D eigenvalue weighted by atomic mass is 9.77. The van der Waals surface area contributed by atoms with Gasteiger partial charge in [-0.3, -0.25) is 4.79 Å². The molecule has 1 rings (SSSR count). The number of likely N-dealkylation sites (tertiary alicyclic amines) is 1. The minimum Gasteiger partial charge on any atom is -0.396 e. The topological polar surface area (TPSA) is 43.8 Å². The molecule has 104 valence electrons. The molecule has 1 saturated heterocycles. The van der Waals surface area contributed by atoms with Crippen LogP contribution >= 0.6 is 0 Å². The van der Waals surface area contributed by atoms with E-state index >= 15 is 0 Å². The summed E-state index contributed by atoms with van der Waals surface area (Å²) in [7, 11) is 3.94. The molecule has 1 amide bonds. The van der Waals surface area contributed by atoms with Crippen LogP contribution in [0.15, 0.2) is 12.2 Å². The van der Waals surface area contributed by atoms with Crippen molar-refractivity contribution in [2.75, 3.05) is 40.3 Å². The molecule has 1 heterocycles. The summed E-state index contributed by atoms with van der Waals surface area (Å²) >= 11 is 0.